The number of unbranched alkanes of at least 4 members (excludes halogenated alkanes) is 1. The highest BCUT2D eigenvalue weighted by Crippen LogP contribution is 2.25. The summed E-state index contributed by atoms with van der Waals surface area (Å²) in [4.78, 5) is 0. The second-order valence-electron chi connectivity index (χ2n) is 16.6. The lowest BCUT2D eigenvalue weighted by Crippen LogP contribution is -2.20. The lowest BCUT2D eigenvalue weighted by atomic mass is 9.90. The maximum atomic E-state index is 5.52. The summed E-state index contributed by atoms with van der Waals surface area (Å²) in [6.45, 7) is 23.3. The predicted molar refractivity (Wildman–Crippen MR) is 199 cm³/mol. The van der Waals surface area contributed by atoms with E-state index in [1.807, 2.05) is 0 Å². The summed E-state index contributed by atoms with van der Waals surface area (Å²) >= 11 is 0. The highest BCUT2D eigenvalue weighted by atomic mass is 16.5. The van der Waals surface area contributed by atoms with Crippen molar-refractivity contribution in [1.29, 1.82) is 0 Å². The molecule has 0 aromatic heterocycles. The van der Waals surface area contributed by atoms with E-state index >= 15 is 0 Å². The van der Waals surface area contributed by atoms with Crippen LogP contribution in [0.2, 0.25) is 0 Å². The third kappa shape index (κ3) is 26.6. The highest BCUT2D eigenvalue weighted by molar-refractivity contribution is 4.92. The van der Waals surface area contributed by atoms with Gasteiger partial charge in [-0.25, -0.2) is 0 Å². The van der Waals surface area contributed by atoms with Crippen LogP contribution in [0.4, 0.5) is 0 Å². The summed E-state index contributed by atoms with van der Waals surface area (Å²) in [6, 6.07) is 0. The second kappa shape index (κ2) is 25.5. The van der Waals surface area contributed by atoms with E-state index in [1.165, 1.54) is 103 Å². The molecule has 0 aromatic rings. The zero-order chi connectivity index (χ0) is 33.4. The van der Waals surface area contributed by atoms with E-state index in [9.17, 15) is 0 Å². The molecular formula is C42H82O2. The number of hydrogen-bond acceptors (Lipinski definition) is 2. The fourth-order valence-electron chi connectivity index (χ4n) is 6.30. The summed E-state index contributed by atoms with van der Waals surface area (Å²) in [5, 5.41) is 0. The van der Waals surface area contributed by atoms with Crippen LogP contribution in [0.1, 0.15) is 185 Å². The molecule has 2 nitrogen and oxygen atoms in total. The van der Waals surface area contributed by atoms with Crippen molar-refractivity contribution in [2.45, 2.75) is 196 Å². The van der Waals surface area contributed by atoms with Crippen molar-refractivity contribution in [3.8, 4) is 0 Å². The second-order valence-corrected chi connectivity index (χ2v) is 16.6. The molecule has 0 heterocycles. The molecule has 6 unspecified atom stereocenters. The van der Waals surface area contributed by atoms with E-state index in [0.29, 0.717) is 11.8 Å². The summed E-state index contributed by atoms with van der Waals surface area (Å²) in [7, 11) is 3.61. The molecule has 0 amide bonds. The van der Waals surface area contributed by atoms with Gasteiger partial charge in [-0.1, -0.05) is 156 Å². The van der Waals surface area contributed by atoms with Gasteiger partial charge in [0.2, 0.25) is 0 Å². The van der Waals surface area contributed by atoms with Gasteiger partial charge in [0.05, 0.1) is 11.2 Å². The quantitative estimate of drug-likeness (QED) is 0.0613. The Morgan fingerprint density at radius 3 is 0.932 bits per heavy atom. The van der Waals surface area contributed by atoms with Crippen LogP contribution < -0.4 is 0 Å². The summed E-state index contributed by atoms with van der Waals surface area (Å²) in [5.74, 6) is 4.90. The van der Waals surface area contributed by atoms with Crippen molar-refractivity contribution in [3.05, 3.63) is 24.3 Å². The van der Waals surface area contributed by atoms with Crippen molar-refractivity contribution >= 4 is 0 Å². The normalized spacial score (nSPS) is 17.3. The third-order valence-electron chi connectivity index (χ3n) is 10.4. The average Bonchev–Trinajstić information content (AvgIpc) is 2.95. The van der Waals surface area contributed by atoms with Crippen LogP contribution in [0.25, 0.3) is 0 Å². The zero-order valence-electron chi connectivity index (χ0n) is 32.3. The molecule has 0 spiro atoms. The number of allylic oxidation sites excluding steroid dienone is 2. The molecule has 0 aliphatic heterocycles. The fraction of sp³-hybridized carbons (Fsp3) is 0.905. The molecule has 262 valence electrons. The Morgan fingerprint density at radius 2 is 0.659 bits per heavy atom. The molecule has 0 aliphatic carbocycles. The van der Waals surface area contributed by atoms with Gasteiger partial charge in [0.15, 0.2) is 0 Å². The van der Waals surface area contributed by atoms with Crippen LogP contribution in [0.5, 0.6) is 0 Å². The molecule has 0 radical (unpaired) electrons. The average molecular weight is 619 g/mol. The first-order valence-corrected chi connectivity index (χ1v) is 19.1. The molecular weight excluding hydrogens is 536 g/mol. The van der Waals surface area contributed by atoms with E-state index in [1.54, 1.807) is 14.2 Å². The summed E-state index contributed by atoms with van der Waals surface area (Å²) in [5.41, 5.74) is -0.0845. The topological polar surface area (TPSA) is 18.5 Å². The Kier molecular flexibility index (Phi) is 25.1. The van der Waals surface area contributed by atoms with Crippen molar-refractivity contribution in [2.75, 3.05) is 14.2 Å². The van der Waals surface area contributed by atoms with Crippen molar-refractivity contribution in [3.63, 3.8) is 0 Å². The first-order chi connectivity index (χ1) is 20.7. The Balaban J connectivity index is 3.78. The molecule has 0 fully saturated rings. The molecule has 0 saturated heterocycles. The lowest BCUT2D eigenvalue weighted by Gasteiger charge is -2.20. The molecule has 44 heavy (non-hydrogen) atoms. The standard InChI is InChI=1S/C42H82O2/c1-35(23-15-25-37(3)27-17-29-39(5)31-19-33-41(7,8)43-11)21-13-14-22-36(2)24-16-26-38(4)28-18-30-40(6)32-20-34-42(9,10)44-12/h19-20,31-32,35-40H,13-18,21-30,33-34H2,1-12H3/b31-19+,32-20+. The molecule has 0 rings (SSSR count). The molecule has 0 bridgehead atoms. The van der Waals surface area contributed by atoms with Gasteiger partial charge in [0, 0.05) is 14.2 Å². The van der Waals surface area contributed by atoms with Crippen LogP contribution >= 0.6 is 0 Å². The van der Waals surface area contributed by atoms with Gasteiger partial charge in [0.25, 0.3) is 0 Å². The Hall–Kier alpha value is -0.600. The minimum Gasteiger partial charge on any atom is -0.378 e. The van der Waals surface area contributed by atoms with Gasteiger partial charge in [0.1, 0.15) is 0 Å². The number of rotatable bonds is 29. The first-order valence-electron chi connectivity index (χ1n) is 19.1. The van der Waals surface area contributed by atoms with Crippen LogP contribution in [-0.2, 0) is 9.47 Å². The monoisotopic (exact) mass is 619 g/mol. The maximum absolute atomic E-state index is 5.52. The van der Waals surface area contributed by atoms with Gasteiger partial charge < -0.3 is 9.47 Å². The van der Waals surface area contributed by atoms with Crippen molar-refractivity contribution in [1.82, 2.24) is 0 Å². The predicted octanol–water partition coefficient (Wildman–Crippen LogP) is 13.8. The van der Waals surface area contributed by atoms with Crippen molar-refractivity contribution in [2.24, 2.45) is 35.5 Å². The summed E-state index contributed by atoms with van der Waals surface area (Å²) in [6.07, 6.45) is 33.8. The minimum absolute atomic E-state index is 0.0422. The van der Waals surface area contributed by atoms with E-state index in [0.717, 1.165) is 36.5 Å². The number of methoxy groups -OCH3 is 2. The smallest absolute Gasteiger partial charge is 0.0657 e. The third-order valence-corrected chi connectivity index (χ3v) is 10.4. The largest absolute Gasteiger partial charge is 0.378 e. The SMILES string of the molecule is COC(C)(C)C/C=C/C(C)CCCC(C)CCCC(C)CCCCC(C)CCCC(C)CCCC(C)/C=C/CC(C)(C)OC. The molecule has 2 heteroatoms. The number of ether oxygens (including phenoxy) is 2. The van der Waals surface area contributed by atoms with E-state index in [-0.39, 0.29) is 11.2 Å². The zero-order valence-corrected chi connectivity index (χ0v) is 32.3. The van der Waals surface area contributed by atoms with E-state index in [4.69, 9.17) is 9.47 Å². The van der Waals surface area contributed by atoms with Gasteiger partial charge >= 0.3 is 0 Å². The highest BCUT2D eigenvalue weighted by Gasteiger charge is 2.15. The van der Waals surface area contributed by atoms with Crippen LogP contribution in [0.15, 0.2) is 24.3 Å². The minimum atomic E-state index is -0.0422. The van der Waals surface area contributed by atoms with Crippen molar-refractivity contribution < 1.29 is 9.47 Å². The molecule has 0 saturated carbocycles. The summed E-state index contributed by atoms with van der Waals surface area (Å²) < 4.78 is 11.0. The lowest BCUT2D eigenvalue weighted by molar-refractivity contribution is 0.0251. The fourth-order valence-corrected chi connectivity index (χ4v) is 6.30. The number of hydrogen-bond donors (Lipinski definition) is 0. The van der Waals surface area contributed by atoms with E-state index in [2.05, 4.69) is 93.5 Å². The van der Waals surface area contributed by atoms with E-state index < -0.39 is 0 Å². The van der Waals surface area contributed by atoms with Gasteiger partial charge in [-0.05, 0) is 88.9 Å². The van der Waals surface area contributed by atoms with Crippen LogP contribution in [-0.4, -0.2) is 25.4 Å². The maximum Gasteiger partial charge on any atom is 0.0657 e. The van der Waals surface area contributed by atoms with Crippen LogP contribution in [0.3, 0.4) is 0 Å². The molecule has 0 aromatic carbocycles. The molecule has 0 aliphatic rings. The Morgan fingerprint density at radius 1 is 0.409 bits per heavy atom. The molecule has 0 N–H and O–H groups in total. The first kappa shape index (κ1) is 43.4. The van der Waals surface area contributed by atoms with Gasteiger partial charge in [-0.2, -0.15) is 0 Å². The molecule has 6 atom stereocenters. The Bertz CT molecular complexity index is 645. The van der Waals surface area contributed by atoms with Gasteiger partial charge in [-0.15, -0.1) is 0 Å². The van der Waals surface area contributed by atoms with Crippen LogP contribution in [0, 0.1) is 35.5 Å². The Labute approximate surface area is 279 Å². The van der Waals surface area contributed by atoms with Gasteiger partial charge in [-0.3, -0.25) is 0 Å².